The largest absolute Gasteiger partial charge is 0.450 e. The Morgan fingerprint density at radius 2 is 1.96 bits per heavy atom. The fourth-order valence-electron chi connectivity index (χ4n) is 3.01. The third kappa shape index (κ3) is 3.25. The van der Waals surface area contributed by atoms with Gasteiger partial charge in [-0.2, -0.15) is 5.26 Å². The molecule has 2 aromatic carbocycles. The number of rotatable bonds is 5. The molecule has 0 aliphatic heterocycles. The molecule has 4 heteroatoms. The zero-order valence-corrected chi connectivity index (χ0v) is 15.0. The van der Waals surface area contributed by atoms with Gasteiger partial charge in [-0.3, -0.25) is 4.79 Å². The van der Waals surface area contributed by atoms with Crippen LogP contribution in [0.5, 0.6) is 0 Å². The fraction of sp³-hybridized carbons (Fsp3) is 0.182. The summed E-state index contributed by atoms with van der Waals surface area (Å²) in [6, 6.07) is 15.2. The van der Waals surface area contributed by atoms with Gasteiger partial charge in [-0.25, -0.2) is 0 Å². The summed E-state index contributed by atoms with van der Waals surface area (Å²) in [4.78, 5) is 14.8. The molecule has 4 nitrogen and oxygen atoms in total. The molecule has 0 saturated heterocycles. The molecule has 0 atom stereocenters. The first-order valence-electron chi connectivity index (χ1n) is 8.43. The number of nitriles is 1. The van der Waals surface area contributed by atoms with Crippen LogP contribution in [-0.2, 0) is 6.54 Å². The van der Waals surface area contributed by atoms with Crippen molar-refractivity contribution in [3.8, 4) is 6.07 Å². The van der Waals surface area contributed by atoms with E-state index in [1.54, 1.807) is 23.1 Å². The van der Waals surface area contributed by atoms with Crippen LogP contribution in [0, 0.1) is 25.2 Å². The first kappa shape index (κ1) is 17.5. The average Bonchev–Trinajstić information content (AvgIpc) is 3.00. The van der Waals surface area contributed by atoms with Crippen molar-refractivity contribution in [3.05, 3.63) is 83.1 Å². The lowest BCUT2D eigenvalue weighted by Gasteiger charge is -2.20. The predicted molar refractivity (Wildman–Crippen MR) is 102 cm³/mol. The van der Waals surface area contributed by atoms with E-state index < -0.39 is 0 Å². The normalized spacial score (nSPS) is 10.5. The summed E-state index contributed by atoms with van der Waals surface area (Å²) in [5.74, 6) is 0.201. The lowest BCUT2D eigenvalue weighted by atomic mass is 10.1. The lowest BCUT2D eigenvalue weighted by molar-refractivity contribution is 0.0732. The second kappa shape index (κ2) is 7.28. The van der Waals surface area contributed by atoms with Crippen LogP contribution in [0.1, 0.15) is 32.8 Å². The molecule has 1 aromatic heterocycles. The fourth-order valence-corrected chi connectivity index (χ4v) is 3.01. The Kier molecular flexibility index (Phi) is 4.90. The molecule has 1 heterocycles. The van der Waals surface area contributed by atoms with E-state index in [4.69, 9.17) is 9.68 Å². The monoisotopic (exact) mass is 344 g/mol. The molecule has 0 fully saturated rings. The van der Waals surface area contributed by atoms with Gasteiger partial charge in [0.25, 0.3) is 5.91 Å². The highest BCUT2D eigenvalue weighted by Gasteiger charge is 2.23. The molecule has 26 heavy (non-hydrogen) atoms. The Bertz CT molecular complexity index is 1010. The minimum absolute atomic E-state index is 0.164. The second-order valence-corrected chi connectivity index (χ2v) is 6.29. The van der Waals surface area contributed by atoms with Gasteiger partial charge < -0.3 is 9.32 Å². The summed E-state index contributed by atoms with van der Waals surface area (Å²) in [7, 11) is 0. The zero-order valence-electron chi connectivity index (χ0n) is 15.0. The number of hydrogen-bond acceptors (Lipinski definition) is 3. The van der Waals surface area contributed by atoms with Crippen LogP contribution in [0.3, 0.4) is 0 Å². The van der Waals surface area contributed by atoms with Gasteiger partial charge >= 0.3 is 0 Å². The Labute approximate surface area is 153 Å². The lowest BCUT2D eigenvalue weighted by Crippen LogP contribution is -2.30. The van der Waals surface area contributed by atoms with Gasteiger partial charge in [0.2, 0.25) is 0 Å². The first-order chi connectivity index (χ1) is 12.5. The van der Waals surface area contributed by atoms with Crippen molar-refractivity contribution in [1.82, 2.24) is 4.90 Å². The zero-order chi connectivity index (χ0) is 18.7. The van der Waals surface area contributed by atoms with Gasteiger partial charge in [0.05, 0.1) is 11.6 Å². The SMILES string of the molecule is C=CCN(Cc1ccc(C#N)cc1)C(=O)c1oc2c(C)cccc2c1C. The van der Waals surface area contributed by atoms with Crippen LogP contribution in [0.4, 0.5) is 0 Å². The van der Waals surface area contributed by atoms with E-state index in [-0.39, 0.29) is 5.91 Å². The van der Waals surface area contributed by atoms with Crippen molar-refractivity contribution in [2.75, 3.05) is 6.54 Å². The van der Waals surface area contributed by atoms with Crippen LogP contribution in [0.25, 0.3) is 11.0 Å². The Hall–Kier alpha value is -3.32. The van der Waals surface area contributed by atoms with Crippen molar-refractivity contribution in [2.45, 2.75) is 20.4 Å². The molecule has 3 rings (SSSR count). The quantitative estimate of drug-likeness (QED) is 0.628. The summed E-state index contributed by atoms with van der Waals surface area (Å²) >= 11 is 0. The molecule has 0 bridgehead atoms. The number of amides is 1. The van der Waals surface area contributed by atoms with E-state index in [0.717, 1.165) is 27.7 Å². The maximum absolute atomic E-state index is 13.1. The molecule has 0 unspecified atom stereocenters. The minimum atomic E-state index is -0.164. The van der Waals surface area contributed by atoms with Crippen LogP contribution in [0.15, 0.2) is 59.5 Å². The van der Waals surface area contributed by atoms with Crippen molar-refractivity contribution in [1.29, 1.82) is 5.26 Å². The minimum Gasteiger partial charge on any atom is -0.450 e. The highest BCUT2D eigenvalue weighted by molar-refractivity contribution is 5.99. The molecule has 0 N–H and O–H groups in total. The van der Waals surface area contributed by atoms with Gasteiger partial charge in [0, 0.05) is 24.0 Å². The Balaban J connectivity index is 1.93. The summed E-state index contributed by atoms with van der Waals surface area (Å²) in [6.45, 7) is 8.47. The molecule has 1 amide bonds. The van der Waals surface area contributed by atoms with E-state index in [0.29, 0.717) is 24.4 Å². The van der Waals surface area contributed by atoms with Gasteiger partial charge in [0.15, 0.2) is 5.76 Å². The van der Waals surface area contributed by atoms with E-state index in [1.165, 1.54) is 0 Å². The first-order valence-corrected chi connectivity index (χ1v) is 8.43. The van der Waals surface area contributed by atoms with Crippen molar-refractivity contribution in [3.63, 3.8) is 0 Å². The highest BCUT2D eigenvalue weighted by atomic mass is 16.3. The third-order valence-electron chi connectivity index (χ3n) is 4.45. The summed E-state index contributed by atoms with van der Waals surface area (Å²) in [6.07, 6.45) is 1.70. The Morgan fingerprint density at radius 1 is 1.23 bits per heavy atom. The molecule has 0 radical (unpaired) electrons. The molecular weight excluding hydrogens is 324 g/mol. The Morgan fingerprint density at radius 3 is 2.58 bits per heavy atom. The van der Waals surface area contributed by atoms with Crippen LogP contribution in [0.2, 0.25) is 0 Å². The number of aryl methyl sites for hydroxylation is 2. The van der Waals surface area contributed by atoms with Crippen molar-refractivity contribution >= 4 is 16.9 Å². The maximum atomic E-state index is 13.1. The molecular formula is C22H20N2O2. The smallest absolute Gasteiger partial charge is 0.290 e. The van der Waals surface area contributed by atoms with Gasteiger partial charge in [-0.1, -0.05) is 36.4 Å². The van der Waals surface area contributed by atoms with Crippen molar-refractivity contribution < 1.29 is 9.21 Å². The number of furan rings is 1. The van der Waals surface area contributed by atoms with E-state index >= 15 is 0 Å². The maximum Gasteiger partial charge on any atom is 0.290 e. The summed E-state index contributed by atoms with van der Waals surface area (Å²) in [5.41, 5.74) is 4.16. The number of fused-ring (bicyclic) bond motifs is 1. The predicted octanol–water partition coefficient (Wildman–Crippen LogP) is 4.75. The molecule has 0 aliphatic carbocycles. The molecule has 0 aliphatic rings. The summed E-state index contributed by atoms with van der Waals surface area (Å²) < 4.78 is 5.92. The van der Waals surface area contributed by atoms with Crippen LogP contribution >= 0.6 is 0 Å². The summed E-state index contributed by atoms with van der Waals surface area (Å²) in [5, 5.41) is 9.88. The number of para-hydroxylation sites is 1. The van der Waals surface area contributed by atoms with Crippen molar-refractivity contribution in [2.24, 2.45) is 0 Å². The third-order valence-corrected chi connectivity index (χ3v) is 4.45. The van der Waals surface area contributed by atoms with Gasteiger partial charge in [-0.15, -0.1) is 6.58 Å². The number of hydrogen-bond donors (Lipinski definition) is 0. The molecule has 130 valence electrons. The number of carbonyl (C=O) groups excluding carboxylic acids is 1. The topological polar surface area (TPSA) is 57.2 Å². The number of nitrogens with zero attached hydrogens (tertiary/aromatic N) is 2. The van der Waals surface area contributed by atoms with Gasteiger partial charge in [0.1, 0.15) is 5.58 Å². The molecule has 3 aromatic rings. The van der Waals surface area contributed by atoms with E-state index in [2.05, 4.69) is 12.6 Å². The van der Waals surface area contributed by atoms with E-state index in [9.17, 15) is 4.79 Å². The van der Waals surface area contributed by atoms with Crippen LogP contribution < -0.4 is 0 Å². The average molecular weight is 344 g/mol. The standard InChI is InChI=1S/C22H20N2O2/c1-4-12-24(14-18-10-8-17(13-23)9-11-18)22(25)21-16(3)19-7-5-6-15(2)20(19)26-21/h4-11H,1,12,14H2,2-3H3. The molecule has 0 spiro atoms. The van der Waals surface area contributed by atoms with Gasteiger partial charge in [-0.05, 0) is 37.1 Å². The second-order valence-electron chi connectivity index (χ2n) is 6.29. The highest BCUT2D eigenvalue weighted by Crippen LogP contribution is 2.28. The molecule has 0 saturated carbocycles. The van der Waals surface area contributed by atoms with Crippen LogP contribution in [-0.4, -0.2) is 17.4 Å². The number of benzene rings is 2. The van der Waals surface area contributed by atoms with E-state index in [1.807, 2.05) is 44.2 Å². The number of carbonyl (C=O) groups is 1.